The first-order valence-electron chi connectivity index (χ1n) is 8.27. The molecule has 0 unspecified atom stereocenters. The molecule has 1 atom stereocenters. The molecule has 6 nitrogen and oxygen atoms in total. The summed E-state index contributed by atoms with van der Waals surface area (Å²) in [5, 5.41) is 0.568. The summed E-state index contributed by atoms with van der Waals surface area (Å²) >= 11 is 11.8. The minimum Gasteiger partial charge on any atom is -0.312 e. The number of amides is 3. The summed E-state index contributed by atoms with van der Waals surface area (Å²) in [6.45, 7) is 2.21. The average Bonchev–Trinajstić information content (AvgIpc) is 3.04. The van der Waals surface area contributed by atoms with E-state index < -0.39 is 17.7 Å². The van der Waals surface area contributed by atoms with Gasteiger partial charge < -0.3 is 4.90 Å². The van der Waals surface area contributed by atoms with Gasteiger partial charge >= 0.3 is 0 Å². The van der Waals surface area contributed by atoms with Gasteiger partial charge in [-0.15, -0.1) is 0 Å². The number of hydrazine groups is 1. The fourth-order valence-electron chi connectivity index (χ4n) is 2.82. The molecule has 0 saturated carbocycles. The second kappa shape index (κ2) is 7.98. The molecular formula is C19H17Cl2N3O3. The van der Waals surface area contributed by atoms with Gasteiger partial charge in [-0.25, -0.2) is 0 Å². The predicted molar refractivity (Wildman–Crippen MR) is 104 cm³/mol. The molecule has 1 aliphatic heterocycles. The van der Waals surface area contributed by atoms with E-state index >= 15 is 0 Å². The van der Waals surface area contributed by atoms with E-state index in [0.717, 1.165) is 11.3 Å². The monoisotopic (exact) mass is 405 g/mol. The summed E-state index contributed by atoms with van der Waals surface area (Å²) in [4.78, 5) is 38.3. The van der Waals surface area contributed by atoms with Crippen LogP contribution in [0.25, 0.3) is 0 Å². The maximum atomic E-state index is 12.3. The summed E-state index contributed by atoms with van der Waals surface area (Å²) in [7, 11) is 0. The Kier molecular flexibility index (Phi) is 5.68. The zero-order valence-corrected chi connectivity index (χ0v) is 16.0. The van der Waals surface area contributed by atoms with E-state index in [0.29, 0.717) is 5.02 Å². The number of halogens is 2. The SMILES string of the molecule is Cc1ccc(N2C[C@H](C(=O)NNC(=O)c3cc(Cl)ccc3Cl)CC2=O)cc1. The second-order valence-corrected chi connectivity index (χ2v) is 7.15. The Balaban J connectivity index is 1.60. The number of hydrogen-bond donors (Lipinski definition) is 2. The number of nitrogens with zero attached hydrogens (tertiary/aromatic N) is 1. The minimum atomic E-state index is -0.587. The maximum Gasteiger partial charge on any atom is 0.271 e. The Morgan fingerprint density at radius 1 is 1.07 bits per heavy atom. The van der Waals surface area contributed by atoms with Crippen molar-refractivity contribution in [3.63, 3.8) is 0 Å². The number of hydrogen-bond acceptors (Lipinski definition) is 3. The molecule has 8 heteroatoms. The van der Waals surface area contributed by atoms with Crippen LogP contribution in [0.1, 0.15) is 22.3 Å². The van der Waals surface area contributed by atoms with Crippen molar-refractivity contribution in [2.24, 2.45) is 5.92 Å². The third-order valence-corrected chi connectivity index (χ3v) is 4.88. The van der Waals surface area contributed by atoms with E-state index in [9.17, 15) is 14.4 Å². The molecule has 3 rings (SSSR count). The van der Waals surface area contributed by atoms with Crippen molar-refractivity contribution in [1.82, 2.24) is 10.9 Å². The zero-order chi connectivity index (χ0) is 19.6. The molecule has 27 heavy (non-hydrogen) atoms. The van der Waals surface area contributed by atoms with Crippen molar-refractivity contribution >= 4 is 46.6 Å². The molecule has 3 amide bonds. The number of rotatable bonds is 3. The van der Waals surface area contributed by atoms with Gasteiger partial charge in [0.1, 0.15) is 0 Å². The highest BCUT2D eigenvalue weighted by atomic mass is 35.5. The third-order valence-electron chi connectivity index (χ3n) is 4.31. The zero-order valence-electron chi connectivity index (χ0n) is 14.5. The predicted octanol–water partition coefficient (Wildman–Crippen LogP) is 3.12. The molecule has 0 bridgehead atoms. The van der Waals surface area contributed by atoms with Crippen LogP contribution < -0.4 is 15.8 Å². The van der Waals surface area contributed by atoms with E-state index in [1.807, 2.05) is 31.2 Å². The minimum absolute atomic E-state index is 0.0769. The van der Waals surface area contributed by atoms with Gasteiger partial charge in [-0.05, 0) is 37.3 Å². The number of carbonyl (C=O) groups is 3. The first-order chi connectivity index (χ1) is 12.8. The van der Waals surface area contributed by atoms with Crippen LogP contribution in [0.4, 0.5) is 5.69 Å². The topological polar surface area (TPSA) is 78.5 Å². The number of carbonyl (C=O) groups excluding carboxylic acids is 3. The Labute approximate surface area is 166 Å². The van der Waals surface area contributed by atoms with Crippen LogP contribution in [0.2, 0.25) is 10.0 Å². The van der Waals surface area contributed by atoms with Crippen molar-refractivity contribution in [1.29, 1.82) is 0 Å². The van der Waals surface area contributed by atoms with Gasteiger partial charge in [0.05, 0.1) is 16.5 Å². The van der Waals surface area contributed by atoms with Crippen molar-refractivity contribution in [3.8, 4) is 0 Å². The fourth-order valence-corrected chi connectivity index (χ4v) is 3.19. The van der Waals surface area contributed by atoms with Gasteiger partial charge in [-0.2, -0.15) is 0 Å². The molecule has 1 fully saturated rings. The van der Waals surface area contributed by atoms with E-state index in [-0.39, 0.29) is 29.5 Å². The summed E-state index contributed by atoms with van der Waals surface area (Å²) < 4.78 is 0. The molecule has 140 valence electrons. The highest BCUT2D eigenvalue weighted by Gasteiger charge is 2.35. The average molecular weight is 406 g/mol. The van der Waals surface area contributed by atoms with Crippen LogP contribution in [-0.4, -0.2) is 24.3 Å². The molecule has 0 aromatic heterocycles. The van der Waals surface area contributed by atoms with Crippen LogP contribution in [0.5, 0.6) is 0 Å². The molecule has 1 aliphatic rings. The highest BCUT2D eigenvalue weighted by Crippen LogP contribution is 2.25. The lowest BCUT2D eigenvalue weighted by Gasteiger charge is -2.17. The lowest BCUT2D eigenvalue weighted by molar-refractivity contribution is -0.126. The van der Waals surface area contributed by atoms with Gasteiger partial charge in [0.2, 0.25) is 11.8 Å². The van der Waals surface area contributed by atoms with E-state index in [1.54, 1.807) is 11.0 Å². The Morgan fingerprint density at radius 2 is 1.78 bits per heavy atom. The quantitative estimate of drug-likeness (QED) is 0.769. The van der Waals surface area contributed by atoms with Gasteiger partial charge in [0.25, 0.3) is 5.91 Å². The van der Waals surface area contributed by atoms with Crippen LogP contribution in [0.3, 0.4) is 0 Å². The second-order valence-electron chi connectivity index (χ2n) is 6.31. The highest BCUT2D eigenvalue weighted by molar-refractivity contribution is 6.35. The van der Waals surface area contributed by atoms with E-state index in [2.05, 4.69) is 10.9 Å². The number of nitrogens with one attached hydrogen (secondary N) is 2. The first-order valence-corrected chi connectivity index (χ1v) is 9.03. The van der Waals surface area contributed by atoms with Gasteiger partial charge in [-0.3, -0.25) is 25.2 Å². The standard InChI is InChI=1S/C19H17Cl2N3O3/c1-11-2-5-14(6-3-11)24-10-12(8-17(24)25)18(26)22-23-19(27)15-9-13(20)4-7-16(15)21/h2-7,9,12H,8,10H2,1H3,(H,22,26)(H,23,27)/t12-/m1/s1. The summed E-state index contributed by atoms with van der Waals surface area (Å²) in [6.07, 6.45) is 0.0769. The smallest absolute Gasteiger partial charge is 0.271 e. The van der Waals surface area contributed by atoms with E-state index in [4.69, 9.17) is 23.2 Å². The third kappa shape index (κ3) is 4.40. The molecular weight excluding hydrogens is 389 g/mol. The van der Waals surface area contributed by atoms with E-state index in [1.165, 1.54) is 12.1 Å². The Morgan fingerprint density at radius 3 is 2.48 bits per heavy atom. The number of benzene rings is 2. The molecule has 2 aromatic rings. The molecule has 0 radical (unpaired) electrons. The van der Waals surface area contributed by atoms with Gasteiger partial charge in [-0.1, -0.05) is 40.9 Å². The normalized spacial score (nSPS) is 16.3. The fraction of sp³-hybridized carbons (Fsp3) is 0.211. The van der Waals surface area contributed by atoms with Crippen molar-refractivity contribution in [2.75, 3.05) is 11.4 Å². The molecule has 1 saturated heterocycles. The summed E-state index contributed by atoms with van der Waals surface area (Å²) in [5.74, 6) is -1.72. The lowest BCUT2D eigenvalue weighted by atomic mass is 10.1. The maximum absolute atomic E-state index is 12.3. The summed E-state index contributed by atoms with van der Waals surface area (Å²) in [5.41, 5.74) is 6.64. The van der Waals surface area contributed by atoms with Crippen LogP contribution in [-0.2, 0) is 9.59 Å². The van der Waals surface area contributed by atoms with Crippen molar-refractivity contribution in [2.45, 2.75) is 13.3 Å². The van der Waals surface area contributed by atoms with Crippen molar-refractivity contribution < 1.29 is 14.4 Å². The molecule has 2 N–H and O–H groups in total. The largest absolute Gasteiger partial charge is 0.312 e. The molecule has 1 heterocycles. The number of aryl methyl sites for hydroxylation is 1. The Bertz CT molecular complexity index is 900. The van der Waals surface area contributed by atoms with Crippen LogP contribution >= 0.6 is 23.2 Å². The lowest BCUT2D eigenvalue weighted by Crippen LogP contribution is -2.45. The Hall–Kier alpha value is -2.57. The van der Waals surface area contributed by atoms with Crippen LogP contribution in [0.15, 0.2) is 42.5 Å². The summed E-state index contributed by atoms with van der Waals surface area (Å²) in [6, 6.07) is 12.0. The van der Waals surface area contributed by atoms with Crippen LogP contribution in [0, 0.1) is 12.8 Å². The molecule has 2 aromatic carbocycles. The molecule has 0 aliphatic carbocycles. The van der Waals surface area contributed by atoms with Crippen molar-refractivity contribution in [3.05, 3.63) is 63.6 Å². The van der Waals surface area contributed by atoms with Gasteiger partial charge in [0, 0.05) is 23.7 Å². The van der Waals surface area contributed by atoms with Gasteiger partial charge in [0.15, 0.2) is 0 Å². The molecule has 0 spiro atoms. The first kappa shape index (κ1) is 19.2. The number of anilines is 1.